The van der Waals surface area contributed by atoms with Crippen LogP contribution in [0.1, 0.15) is 13.3 Å². The molecule has 21 heavy (non-hydrogen) atoms. The van der Waals surface area contributed by atoms with Crippen molar-refractivity contribution in [3.8, 4) is 6.07 Å². The maximum absolute atomic E-state index is 12.1. The number of nitrogens with zero attached hydrogens (tertiary/aromatic N) is 2. The lowest BCUT2D eigenvalue weighted by Crippen LogP contribution is -2.27. The van der Waals surface area contributed by atoms with Gasteiger partial charge in [-0.05, 0) is 31.4 Å². The summed E-state index contributed by atoms with van der Waals surface area (Å²) in [7, 11) is 0. The van der Waals surface area contributed by atoms with Crippen LogP contribution in [0.2, 0.25) is 0 Å². The molecule has 0 radical (unpaired) electrons. The Morgan fingerprint density at radius 1 is 1.57 bits per heavy atom. The van der Waals surface area contributed by atoms with Crippen molar-refractivity contribution in [1.29, 1.82) is 5.26 Å². The molecule has 0 saturated carbocycles. The fraction of sp³-hybridized carbons (Fsp3) is 0.400. The lowest BCUT2D eigenvalue weighted by atomic mass is 10.1. The summed E-state index contributed by atoms with van der Waals surface area (Å²) >= 11 is 1.60. The molecular formula is C15H16N2O3S. The van der Waals surface area contributed by atoms with Gasteiger partial charge in [-0.25, -0.2) is 0 Å². The van der Waals surface area contributed by atoms with E-state index in [-0.39, 0.29) is 12.3 Å². The van der Waals surface area contributed by atoms with Crippen molar-refractivity contribution in [2.75, 3.05) is 17.7 Å². The van der Waals surface area contributed by atoms with Gasteiger partial charge in [0.05, 0.1) is 5.92 Å². The fourth-order valence-corrected chi connectivity index (χ4v) is 2.64. The van der Waals surface area contributed by atoms with Crippen molar-refractivity contribution in [1.82, 2.24) is 0 Å². The number of rotatable bonds is 4. The van der Waals surface area contributed by atoms with Gasteiger partial charge in [-0.3, -0.25) is 9.59 Å². The summed E-state index contributed by atoms with van der Waals surface area (Å²) in [6.45, 7) is 1.81. The summed E-state index contributed by atoms with van der Waals surface area (Å²) in [5.74, 6) is -1.09. The normalized spacial score (nSPS) is 19.2. The van der Waals surface area contributed by atoms with Gasteiger partial charge in [0, 0.05) is 23.5 Å². The number of esters is 1. The molecule has 1 fully saturated rings. The molecule has 1 heterocycles. The number of nitriles is 1. The van der Waals surface area contributed by atoms with Crippen LogP contribution >= 0.6 is 11.8 Å². The van der Waals surface area contributed by atoms with Gasteiger partial charge in [-0.1, -0.05) is 6.07 Å². The molecule has 1 aromatic carbocycles. The maximum atomic E-state index is 12.1. The number of carbonyl (C=O) groups excluding carboxylic acids is 2. The van der Waals surface area contributed by atoms with Gasteiger partial charge < -0.3 is 9.64 Å². The topological polar surface area (TPSA) is 70.4 Å². The second-order valence-corrected chi connectivity index (χ2v) is 5.69. The molecule has 1 aliphatic rings. The number of amides is 1. The van der Waals surface area contributed by atoms with Crippen LogP contribution in [-0.4, -0.2) is 30.8 Å². The van der Waals surface area contributed by atoms with E-state index >= 15 is 0 Å². The third kappa shape index (κ3) is 3.56. The van der Waals surface area contributed by atoms with Gasteiger partial charge in [0.1, 0.15) is 6.07 Å². The summed E-state index contributed by atoms with van der Waals surface area (Å²) in [4.78, 5) is 26.7. The van der Waals surface area contributed by atoms with Crippen molar-refractivity contribution >= 4 is 29.3 Å². The minimum atomic E-state index is -0.790. The van der Waals surface area contributed by atoms with Crippen LogP contribution in [0.3, 0.4) is 0 Å². The predicted octanol–water partition coefficient (Wildman–Crippen LogP) is 2.22. The lowest BCUT2D eigenvalue weighted by Gasteiger charge is -2.17. The van der Waals surface area contributed by atoms with Gasteiger partial charge in [0.2, 0.25) is 5.91 Å². The molecule has 5 nitrogen and oxygen atoms in total. The monoisotopic (exact) mass is 304 g/mol. The van der Waals surface area contributed by atoms with E-state index in [4.69, 9.17) is 10.00 Å². The number of carbonyl (C=O) groups is 2. The first-order chi connectivity index (χ1) is 10.0. The minimum absolute atomic E-state index is 0.0974. The smallest absolute Gasteiger partial charge is 0.312 e. The van der Waals surface area contributed by atoms with Gasteiger partial charge in [0.25, 0.3) is 0 Å². The Balaban J connectivity index is 2.09. The summed E-state index contributed by atoms with van der Waals surface area (Å²) < 4.78 is 4.98. The van der Waals surface area contributed by atoms with E-state index in [0.717, 1.165) is 10.6 Å². The molecule has 0 aromatic heterocycles. The molecule has 0 spiro atoms. The van der Waals surface area contributed by atoms with Crippen LogP contribution in [0.5, 0.6) is 0 Å². The molecule has 0 N–H and O–H groups in total. The average Bonchev–Trinajstić information content (AvgIpc) is 2.89. The Bertz CT molecular complexity index is 597. The molecule has 2 rings (SSSR count). The highest BCUT2D eigenvalue weighted by Crippen LogP contribution is 2.28. The first-order valence-corrected chi connectivity index (χ1v) is 7.82. The highest BCUT2D eigenvalue weighted by molar-refractivity contribution is 7.98. The van der Waals surface area contributed by atoms with Crippen molar-refractivity contribution in [2.45, 2.75) is 24.3 Å². The number of hydrogen-bond acceptors (Lipinski definition) is 5. The fourth-order valence-electron chi connectivity index (χ4n) is 2.19. The SMILES string of the molecule is CSc1cccc(N2C[C@H](C(=O)O[C@H](C)C#N)CC2=O)c1. The lowest BCUT2D eigenvalue weighted by molar-refractivity contribution is -0.150. The maximum Gasteiger partial charge on any atom is 0.312 e. The van der Waals surface area contributed by atoms with Crippen LogP contribution in [0.4, 0.5) is 5.69 Å². The van der Waals surface area contributed by atoms with E-state index < -0.39 is 18.0 Å². The second-order valence-electron chi connectivity index (χ2n) is 4.82. The van der Waals surface area contributed by atoms with E-state index in [1.54, 1.807) is 16.7 Å². The molecule has 110 valence electrons. The number of benzene rings is 1. The quantitative estimate of drug-likeness (QED) is 0.630. The predicted molar refractivity (Wildman–Crippen MR) is 79.9 cm³/mol. The Kier molecular flexibility index (Phi) is 4.86. The van der Waals surface area contributed by atoms with Crippen LogP contribution in [0.25, 0.3) is 0 Å². The van der Waals surface area contributed by atoms with E-state index in [1.807, 2.05) is 36.6 Å². The Hall–Kier alpha value is -2.00. The Morgan fingerprint density at radius 3 is 3.00 bits per heavy atom. The molecule has 0 bridgehead atoms. The zero-order chi connectivity index (χ0) is 15.4. The number of thioether (sulfide) groups is 1. The van der Waals surface area contributed by atoms with E-state index in [1.165, 1.54) is 6.92 Å². The van der Waals surface area contributed by atoms with Gasteiger partial charge in [-0.15, -0.1) is 11.8 Å². The Labute approximate surface area is 127 Å². The molecule has 6 heteroatoms. The molecule has 1 aromatic rings. The van der Waals surface area contributed by atoms with Crippen LogP contribution in [0, 0.1) is 17.2 Å². The van der Waals surface area contributed by atoms with Crippen LogP contribution < -0.4 is 4.90 Å². The zero-order valence-corrected chi connectivity index (χ0v) is 12.7. The summed E-state index contributed by atoms with van der Waals surface area (Å²) in [6, 6.07) is 9.47. The third-order valence-corrected chi connectivity index (χ3v) is 4.02. The van der Waals surface area contributed by atoms with Crippen molar-refractivity contribution in [3.05, 3.63) is 24.3 Å². The highest BCUT2D eigenvalue weighted by atomic mass is 32.2. The number of anilines is 1. The summed E-state index contributed by atoms with van der Waals surface area (Å²) in [5.41, 5.74) is 0.787. The molecule has 0 aliphatic carbocycles. The molecule has 1 amide bonds. The average molecular weight is 304 g/mol. The first kappa shape index (κ1) is 15.4. The van der Waals surface area contributed by atoms with Gasteiger partial charge >= 0.3 is 5.97 Å². The molecule has 1 aliphatic heterocycles. The molecular weight excluding hydrogens is 288 g/mol. The zero-order valence-electron chi connectivity index (χ0n) is 11.9. The van der Waals surface area contributed by atoms with E-state index in [9.17, 15) is 9.59 Å². The van der Waals surface area contributed by atoms with Crippen LogP contribution in [-0.2, 0) is 14.3 Å². The minimum Gasteiger partial charge on any atom is -0.447 e. The second kappa shape index (κ2) is 6.64. The van der Waals surface area contributed by atoms with Gasteiger partial charge in [0.15, 0.2) is 6.10 Å². The molecule has 2 atom stereocenters. The summed E-state index contributed by atoms with van der Waals surface area (Å²) in [6.07, 6.45) is 1.30. The third-order valence-electron chi connectivity index (χ3n) is 3.30. The van der Waals surface area contributed by atoms with Crippen molar-refractivity contribution in [2.24, 2.45) is 5.92 Å². The summed E-state index contributed by atoms with van der Waals surface area (Å²) in [5, 5.41) is 8.66. The van der Waals surface area contributed by atoms with Crippen molar-refractivity contribution < 1.29 is 14.3 Å². The van der Waals surface area contributed by atoms with E-state index in [2.05, 4.69) is 0 Å². The highest BCUT2D eigenvalue weighted by Gasteiger charge is 2.36. The van der Waals surface area contributed by atoms with Gasteiger partial charge in [-0.2, -0.15) is 5.26 Å². The standard InChI is InChI=1S/C15H16N2O3S/c1-10(8-16)20-15(19)11-6-14(18)17(9-11)12-4-3-5-13(7-12)21-2/h3-5,7,10-11H,6,9H2,1-2H3/t10-,11-/m1/s1. The van der Waals surface area contributed by atoms with Crippen LogP contribution in [0.15, 0.2) is 29.2 Å². The molecule has 1 saturated heterocycles. The van der Waals surface area contributed by atoms with E-state index in [0.29, 0.717) is 6.54 Å². The largest absolute Gasteiger partial charge is 0.447 e. The first-order valence-electron chi connectivity index (χ1n) is 6.59. The van der Waals surface area contributed by atoms with Crippen molar-refractivity contribution in [3.63, 3.8) is 0 Å². The number of hydrogen-bond donors (Lipinski definition) is 0. The number of ether oxygens (including phenoxy) is 1. The molecule has 0 unspecified atom stereocenters. The Morgan fingerprint density at radius 2 is 2.33 bits per heavy atom.